The molecule has 1 aliphatic heterocycles. The van der Waals surface area contributed by atoms with E-state index in [1.165, 1.54) is 24.8 Å². The lowest BCUT2D eigenvalue weighted by Gasteiger charge is -2.31. The number of hydrogen-bond acceptors (Lipinski definition) is 4. The summed E-state index contributed by atoms with van der Waals surface area (Å²) in [5.74, 6) is 2.30. The Labute approximate surface area is 126 Å². The molecule has 0 amide bonds. The second kappa shape index (κ2) is 6.85. The van der Waals surface area contributed by atoms with E-state index in [-0.39, 0.29) is 0 Å². The van der Waals surface area contributed by atoms with E-state index in [9.17, 15) is 0 Å². The van der Waals surface area contributed by atoms with Crippen LogP contribution in [0.4, 0.5) is 0 Å². The molecular weight excluding hydrogens is 262 g/mol. The van der Waals surface area contributed by atoms with Crippen molar-refractivity contribution >= 4 is 0 Å². The van der Waals surface area contributed by atoms with E-state index in [2.05, 4.69) is 45.4 Å². The fraction of sp³-hybridized carbons (Fsp3) is 0.529. The summed E-state index contributed by atoms with van der Waals surface area (Å²) in [4.78, 5) is 2.43. The lowest BCUT2D eigenvalue weighted by Crippen LogP contribution is -2.33. The van der Waals surface area contributed by atoms with E-state index in [1.54, 1.807) is 0 Å². The van der Waals surface area contributed by atoms with Gasteiger partial charge in [-0.1, -0.05) is 37.3 Å². The molecule has 112 valence electrons. The van der Waals surface area contributed by atoms with E-state index in [0.717, 1.165) is 43.8 Å². The third-order valence-corrected chi connectivity index (χ3v) is 4.24. The van der Waals surface area contributed by atoms with Gasteiger partial charge >= 0.3 is 0 Å². The van der Waals surface area contributed by atoms with Gasteiger partial charge in [0.15, 0.2) is 0 Å². The van der Waals surface area contributed by atoms with Gasteiger partial charge in [-0.15, -0.1) is 10.2 Å². The lowest BCUT2D eigenvalue weighted by atomic mass is 9.90. The minimum absolute atomic E-state index is 0.740. The maximum atomic E-state index is 5.59. The number of rotatable bonds is 5. The van der Waals surface area contributed by atoms with Gasteiger partial charge in [-0.25, -0.2) is 0 Å². The number of aromatic nitrogens is 2. The standard InChI is InChI=1S/C17H23N3O/c1-2-16-18-19-17(21-16)13-20-10-8-15(9-11-20)12-14-6-4-3-5-7-14/h3-7,15H,2,8-13H2,1H3. The summed E-state index contributed by atoms with van der Waals surface area (Å²) >= 11 is 0. The zero-order chi connectivity index (χ0) is 14.5. The van der Waals surface area contributed by atoms with Gasteiger partial charge in [0.05, 0.1) is 6.54 Å². The van der Waals surface area contributed by atoms with Crippen LogP contribution >= 0.6 is 0 Å². The number of nitrogens with zero attached hydrogens (tertiary/aromatic N) is 3. The van der Waals surface area contributed by atoms with Gasteiger partial charge < -0.3 is 4.42 Å². The molecule has 1 saturated heterocycles. The molecular formula is C17H23N3O. The van der Waals surface area contributed by atoms with Gasteiger partial charge in [-0.3, -0.25) is 4.90 Å². The van der Waals surface area contributed by atoms with Crippen LogP contribution in [0, 0.1) is 5.92 Å². The first kappa shape index (κ1) is 14.3. The summed E-state index contributed by atoms with van der Waals surface area (Å²) in [6.45, 7) is 5.08. The van der Waals surface area contributed by atoms with E-state index >= 15 is 0 Å². The van der Waals surface area contributed by atoms with E-state index < -0.39 is 0 Å². The zero-order valence-electron chi connectivity index (χ0n) is 12.7. The SMILES string of the molecule is CCc1nnc(CN2CCC(Cc3ccccc3)CC2)o1. The number of aryl methyl sites for hydroxylation is 1. The normalized spacial score (nSPS) is 17.2. The van der Waals surface area contributed by atoms with Crippen molar-refractivity contribution in [2.75, 3.05) is 13.1 Å². The Morgan fingerprint density at radius 1 is 1.10 bits per heavy atom. The topological polar surface area (TPSA) is 42.2 Å². The lowest BCUT2D eigenvalue weighted by molar-refractivity contribution is 0.163. The van der Waals surface area contributed by atoms with Crippen LogP contribution < -0.4 is 0 Å². The minimum Gasteiger partial charge on any atom is -0.424 e. The Kier molecular flexibility index (Phi) is 4.65. The quantitative estimate of drug-likeness (QED) is 0.846. The molecule has 0 radical (unpaired) electrons. The van der Waals surface area contributed by atoms with Crippen LogP contribution in [0.25, 0.3) is 0 Å². The molecule has 0 N–H and O–H groups in total. The Morgan fingerprint density at radius 2 is 1.81 bits per heavy atom. The summed E-state index contributed by atoms with van der Waals surface area (Å²) in [6, 6.07) is 10.8. The molecule has 0 spiro atoms. The molecule has 21 heavy (non-hydrogen) atoms. The number of piperidine rings is 1. The van der Waals surface area contributed by atoms with Crippen molar-refractivity contribution in [1.29, 1.82) is 0 Å². The smallest absolute Gasteiger partial charge is 0.230 e. The van der Waals surface area contributed by atoms with Crippen LogP contribution in [0.1, 0.15) is 37.1 Å². The molecule has 0 saturated carbocycles. The third-order valence-electron chi connectivity index (χ3n) is 4.24. The Hall–Kier alpha value is -1.68. The van der Waals surface area contributed by atoms with Crippen LogP contribution in [0.3, 0.4) is 0 Å². The molecule has 1 fully saturated rings. The molecule has 2 heterocycles. The molecule has 0 aliphatic carbocycles. The first-order chi connectivity index (χ1) is 10.3. The number of likely N-dealkylation sites (tertiary alicyclic amines) is 1. The van der Waals surface area contributed by atoms with Crippen molar-refractivity contribution < 1.29 is 4.42 Å². The Morgan fingerprint density at radius 3 is 2.48 bits per heavy atom. The van der Waals surface area contributed by atoms with Crippen LogP contribution in [-0.4, -0.2) is 28.2 Å². The van der Waals surface area contributed by atoms with Crippen LogP contribution in [-0.2, 0) is 19.4 Å². The zero-order valence-corrected chi connectivity index (χ0v) is 12.7. The van der Waals surface area contributed by atoms with Gasteiger partial charge in [0.1, 0.15) is 0 Å². The van der Waals surface area contributed by atoms with Gasteiger partial charge in [0.25, 0.3) is 0 Å². The first-order valence-corrected chi connectivity index (χ1v) is 7.91. The van der Waals surface area contributed by atoms with Crippen molar-refractivity contribution in [3.05, 3.63) is 47.7 Å². The van der Waals surface area contributed by atoms with Crippen LogP contribution in [0.5, 0.6) is 0 Å². The van der Waals surface area contributed by atoms with Gasteiger partial charge in [0, 0.05) is 6.42 Å². The van der Waals surface area contributed by atoms with Crippen molar-refractivity contribution in [1.82, 2.24) is 15.1 Å². The molecule has 4 heteroatoms. The molecule has 0 bridgehead atoms. The molecule has 3 rings (SSSR count). The highest BCUT2D eigenvalue weighted by molar-refractivity contribution is 5.15. The second-order valence-electron chi connectivity index (χ2n) is 5.85. The van der Waals surface area contributed by atoms with Crippen LogP contribution in [0.2, 0.25) is 0 Å². The molecule has 0 atom stereocenters. The van der Waals surface area contributed by atoms with Crippen molar-refractivity contribution in [2.45, 2.75) is 39.2 Å². The van der Waals surface area contributed by atoms with Gasteiger partial charge in [-0.05, 0) is 43.8 Å². The van der Waals surface area contributed by atoms with Crippen molar-refractivity contribution in [3.63, 3.8) is 0 Å². The highest BCUT2D eigenvalue weighted by Gasteiger charge is 2.21. The predicted molar refractivity (Wildman–Crippen MR) is 81.8 cm³/mol. The summed E-state index contributed by atoms with van der Waals surface area (Å²) in [5.41, 5.74) is 1.46. The first-order valence-electron chi connectivity index (χ1n) is 7.91. The third kappa shape index (κ3) is 3.91. The molecule has 1 aliphatic rings. The summed E-state index contributed by atoms with van der Waals surface area (Å²) in [7, 11) is 0. The maximum Gasteiger partial charge on any atom is 0.230 e. The minimum atomic E-state index is 0.740. The summed E-state index contributed by atoms with van der Waals surface area (Å²) in [5, 5.41) is 8.14. The Bertz CT molecular complexity index is 544. The average molecular weight is 285 g/mol. The molecule has 2 aromatic rings. The summed E-state index contributed by atoms with van der Waals surface area (Å²) < 4.78 is 5.59. The highest BCUT2D eigenvalue weighted by atomic mass is 16.4. The average Bonchev–Trinajstić information content (AvgIpc) is 2.98. The van der Waals surface area contributed by atoms with Crippen LogP contribution in [0.15, 0.2) is 34.7 Å². The second-order valence-corrected chi connectivity index (χ2v) is 5.85. The van der Waals surface area contributed by atoms with Gasteiger partial charge in [-0.2, -0.15) is 0 Å². The monoisotopic (exact) mass is 285 g/mol. The molecule has 0 unspecified atom stereocenters. The number of hydrogen-bond donors (Lipinski definition) is 0. The molecule has 1 aromatic heterocycles. The predicted octanol–water partition coefficient (Wildman–Crippen LogP) is 3.09. The van der Waals surface area contributed by atoms with E-state index in [1.807, 2.05) is 6.92 Å². The molecule has 4 nitrogen and oxygen atoms in total. The van der Waals surface area contributed by atoms with Crippen molar-refractivity contribution in [2.24, 2.45) is 5.92 Å². The fourth-order valence-electron chi connectivity index (χ4n) is 2.98. The Balaban J connectivity index is 1.46. The fourth-order valence-corrected chi connectivity index (χ4v) is 2.98. The number of benzene rings is 1. The van der Waals surface area contributed by atoms with E-state index in [4.69, 9.17) is 4.42 Å². The van der Waals surface area contributed by atoms with Crippen molar-refractivity contribution in [3.8, 4) is 0 Å². The molecule has 1 aromatic carbocycles. The maximum absolute atomic E-state index is 5.59. The van der Waals surface area contributed by atoms with E-state index in [0.29, 0.717) is 0 Å². The largest absolute Gasteiger partial charge is 0.424 e. The highest BCUT2D eigenvalue weighted by Crippen LogP contribution is 2.22. The summed E-state index contributed by atoms with van der Waals surface area (Å²) in [6.07, 6.45) is 4.52. The van der Waals surface area contributed by atoms with Gasteiger partial charge in [0.2, 0.25) is 11.8 Å².